The normalized spacial score (nSPS) is 12.3. The van der Waals surface area contributed by atoms with Crippen LogP contribution in [0.25, 0.3) is 0 Å². The van der Waals surface area contributed by atoms with Crippen molar-refractivity contribution in [1.29, 1.82) is 0 Å². The number of para-hydroxylation sites is 2. The highest BCUT2D eigenvalue weighted by molar-refractivity contribution is 6.32. The number of halogens is 1. The lowest BCUT2D eigenvalue weighted by Gasteiger charge is -2.13. The molecule has 0 amide bonds. The van der Waals surface area contributed by atoms with Gasteiger partial charge in [0.2, 0.25) is 0 Å². The van der Waals surface area contributed by atoms with Crippen LogP contribution in [-0.2, 0) is 0 Å². The second-order valence-corrected chi connectivity index (χ2v) is 5.59. The van der Waals surface area contributed by atoms with E-state index in [0.29, 0.717) is 17.4 Å². The molecule has 1 atom stereocenters. The van der Waals surface area contributed by atoms with Gasteiger partial charge in [-0.15, -0.1) is 0 Å². The van der Waals surface area contributed by atoms with E-state index < -0.39 is 0 Å². The maximum Gasteiger partial charge on any atom is 0.144 e. The summed E-state index contributed by atoms with van der Waals surface area (Å²) in [5.74, 6) is 1.47. The van der Waals surface area contributed by atoms with Crippen LogP contribution in [0, 0.1) is 0 Å². The molecule has 0 aliphatic heterocycles. The van der Waals surface area contributed by atoms with E-state index in [1.165, 1.54) is 0 Å². The minimum absolute atomic E-state index is 0.144. The zero-order chi connectivity index (χ0) is 16.7. The van der Waals surface area contributed by atoms with Crippen molar-refractivity contribution in [3.8, 4) is 11.5 Å². The van der Waals surface area contributed by atoms with Crippen molar-refractivity contribution >= 4 is 23.5 Å². The van der Waals surface area contributed by atoms with Crippen molar-refractivity contribution in [2.45, 2.75) is 33.3 Å². The maximum atomic E-state index is 6.28. The van der Waals surface area contributed by atoms with Gasteiger partial charge < -0.3 is 9.47 Å². The first-order valence-electron chi connectivity index (χ1n) is 7.86. The molecule has 2 rings (SSSR count). The minimum atomic E-state index is 0.144. The number of hydrogen-bond donors (Lipinski definition) is 0. The Labute approximate surface area is 142 Å². The summed E-state index contributed by atoms with van der Waals surface area (Å²) in [5.41, 5.74) is 1.71. The fourth-order valence-electron chi connectivity index (χ4n) is 1.98. The van der Waals surface area contributed by atoms with E-state index in [2.05, 4.69) is 11.9 Å². The molecule has 4 heteroatoms. The Morgan fingerprint density at radius 3 is 2.61 bits per heavy atom. The molecule has 0 unspecified atom stereocenters. The highest BCUT2D eigenvalue weighted by Gasteiger charge is 2.06. The third kappa shape index (κ3) is 5.00. The molecule has 2 aromatic carbocycles. The van der Waals surface area contributed by atoms with E-state index in [4.69, 9.17) is 21.1 Å². The zero-order valence-corrected chi connectivity index (χ0v) is 14.5. The Morgan fingerprint density at radius 1 is 1.13 bits per heavy atom. The lowest BCUT2D eigenvalue weighted by molar-refractivity contribution is 0.217. The molecular weight excluding hydrogens is 310 g/mol. The van der Waals surface area contributed by atoms with Gasteiger partial charge in [-0.2, -0.15) is 0 Å². The summed E-state index contributed by atoms with van der Waals surface area (Å²) in [7, 11) is 0. The topological polar surface area (TPSA) is 30.8 Å². The van der Waals surface area contributed by atoms with Gasteiger partial charge in [0, 0.05) is 6.21 Å². The summed E-state index contributed by atoms with van der Waals surface area (Å²) in [6.45, 7) is 6.67. The summed E-state index contributed by atoms with van der Waals surface area (Å²) in [6.07, 6.45) is 2.86. The second kappa shape index (κ2) is 8.59. The first-order valence-corrected chi connectivity index (χ1v) is 8.24. The molecule has 122 valence electrons. The van der Waals surface area contributed by atoms with Crippen molar-refractivity contribution in [2.24, 2.45) is 4.99 Å². The number of aliphatic imine (C=N–C) groups is 1. The lowest BCUT2D eigenvalue weighted by Crippen LogP contribution is -2.09. The van der Waals surface area contributed by atoms with Gasteiger partial charge in [0.25, 0.3) is 0 Å². The summed E-state index contributed by atoms with van der Waals surface area (Å²) in [5, 5.41) is 0.590. The Morgan fingerprint density at radius 2 is 1.91 bits per heavy atom. The molecule has 0 aromatic heterocycles. The largest absolute Gasteiger partial charge is 0.492 e. The smallest absolute Gasteiger partial charge is 0.144 e. The van der Waals surface area contributed by atoms with Gasteiger partial charge in [0.1, 0.15) is 17.2 Å². The SMILES string of the molecule is CCOc1ccccc1N=Cc1ccc(O[C@@H](C)CC)c(Cl)c1. The molecule has 0 spiro atoms. The fourth-order valence-corrected chi connectivity index (χ4v) is 2.21. The molecule has 0 fully saturated rings. The molecule has 0 bridgehead atoms. The van der Waals surface area contributed by atoms with E-state index >= 15 is 0 Å². The Hall–Kier alpha value is -2.00. The molecule has 0 heterocycles. The van der Waals surface area contributed by atoms with Gasteiger partial charge in [-0.25, -0.2) is 0 Å². The van der Waals surface area contributed by atoms with Gasteiger partial charge in [-0.3, -0.25) is 4.99 Å². The van der Waals surface area contributed by atoms with Crippen molar-refractivity contribution in [1.82, 2.24) is 0 Å². The molecule has 0 aliphatic rings. The number of nitrogens with zero attached hydrogens (tertiary/aromatic N) is 1. The van der Waals surface area contributed by atoms with Gasteiger partial charge >= 0.3 is 0 Å². The highest BCUT2D eigenvalue weighted by Crippen LogP contribution is 2.28. The van der Waals surface area contributed by atoms with E-state index in [1.54, 1.807) is 6.21 Å². The van der Waals surface area contributed by atoms with E-state index in [-0.39, 0.29) is 6.10 Å². The first kappa shape index (κ1) is 17.4. The Kier molecular flexibility index (Phi) is 6.48. The summed E-state index contributed by atoms with van der Waals surface area (Å²) in [6, 6.07) is 13.4. The van der Waals surface area contributed by atoms with Crippen molar-refractivity contribution < 1.29 is 9.47 Å². The number of rotatable bonds is 7. The Balaban J connectivity index is 2.16. The molecule has 0 radical (unpaired) electrons. The van der Waals surface area contributed by atoms with Gasteiger partial charge in [-0.05, 0) is 56.2 Å². The van der Waals surface area contributed by atoms with Gasteiger partial charge in [0.15, 0.2) is 0 Å². The molecule has 23 heavy (non-hydrogen) atoms. The van der Waals surface area contributed by atoms with Gasteiger partial charge in [0.05, 0.1) is 17.7 Å². The predicted molar refractivity (Wildman–Crippen MR) is 96.7 cm³/mol. The van der Waals surface area contributed by atoms with Crippen LogP contribution in [0.3, 0.4) is 0 Å². The standard InChI is InChI=1S/C19H22ClNO2/c1-4-14(3)23-18-11-10-15(12-16(18)20)13-21-17-8-6-7-9-19(17)22-5-2/h6-14H,4-5H2,1-3H3/t14-/m0/s1. The minimum Gasteiger partial charge on any atom is -0.492 e. The van der Waals surface area contributed by atoms with Crippen LogP contribution in [0.4, 0.5) is 5.69 Å². The summed E-state index contributed by atoms with van der Waals surface area (Å²) in [4.78, 5) is 4.49. The zero-order valence-electron chi connectivity index (χ0n) is 13.8. The van der Waals surface area contributed by atoms with Crippen LogP contribution in [0.5, 0.6) is 11.5 Å². The van der Waals surface area contributed by atoms with Crippen molar-refractivity contribution in [2.75, 3.05) is 6.61 Å². The van der Waals surface area contributed by atoms with Crippen LogP contribution < -0.4 is 9.47 Å². The number of benzene rings is 2. The molecule has 3 nitrogen and oxygen atoms in total. The van der Waals surface area contributed by atoms with E-state index in [1.807, 2.05) is 56.3 Å². The fraction of sp³-hybridized carbons (Fsp3) is 0.316. The number of ether oxygens (including phenoxy) is 2. The van der Waals surface area contributed by atoms with Gasteiger partial charge in [-0.1, -0.05) is 30.7 Å². The quantitative estimate of drug-likeness (QED) is 0.612. The van der Waals surface area contributed by atoms with Crippen molar-refractivity contribution in [3.63, 3.8) is 0 Å². The Bertz CT molecular complexity index is 670. The molecule has 0 N–H and O–H groups in total. The molecular formula is C19H22ClNO2. The first-order chi connectivity index (χ1) is 11.1. The third-order valence-electron chi connectivity index (χ3n) is 3.38. The number of hydrogen-bond acceptors (Lipinski definition) is 3. The van der Waals surface area contributed by atoms with Crippen LogP contribution in [0.15, 0.2) is 47.5 Å². The molecule has 0 aliphatic carbocycles. The van der Waals surface area contributed by atoms with Crippen LogP contribution in [0.1, 0.15) is 32.8 Å². The summed E-state index contributed by atoms with van der Waals surface area (Å²) >= 11 is 6.28. The summed E-state index contributed by atoms with van der Waals surface area (Å²) < 4.78 is 11.3. The van der Waals surface area contributed by atoms with E-state index in [0.717, 1.165) is 23.4 Å². The van der Waals surface area contributed by atoms with Crippen LogP contribution in [0.2, 0.25) is 5.02 Å². The predicted octanol–water partition coefficient (Wildman–Crippen LogP) is 5.67. The lowest BCUT2D eigenvalue weighted by atomic mass is 10.2. The molecule has 2 aromatic rings. The van der Waals surface area contributed by atoms with Crippen LogP contribution in [-0.4, -0.2) is 18.9 Å². The second-order valence-electron chi connectivity index (χ2n) is 5.19. The maximum absolute atomic E-state index is 6.28. The average molecular weight is 332 g/mol. The van der Waals surface area contributed by atoms with Crippen molar-refractivity contribution in [3.05, 3.63) is 53.1 Å². The molecule has 0 saturated heterocycles. The third-order valence-corrected chi connectivity index (χ3v) is 3.67. The monoisotopic (exact) mass is 331 g/mol. The highest BCUT2D eigenvalue weighted by atomic mass is 35.5. The average Bonchev–Trinajstić information content (AvgIpc) is 2.56. The van der Waals surface area contributed by atoms with Crippen LogP contribution >= 0.6 is 11.6 Å². The van der Waals surface area contributed by atoms with E-state index in [9.17, 15) is 0 Å². The molecule has 0 saturated carbocycles.